The fourth-order valence-corrected chi connectivity index (χ4v) is 3.80. The molecule has 0 aliphatic rings. The monoisotopic (exact) mass is 412 g/mol. The second-order valence-electron chi connectivity index (χ2n) is 6.37. The summed E-state index contributed by atoms with van der Waals surface area (Å²) in [4.78, 5) is 17.7. The molecule has 0 spiro atoms. The maximum atomic E-state index is 12.6. The number of methoxy groups -OCH3 is 2. The van der Waals surface area contributed by atoms with Crippen molar-refractivity contribution in [1.29, 1.82) is 0 Å². The number of nitrogens with zero attached hydrogens (tertiary/aromatic N) is 1. The number of para-hydroxylation sites is 1. The Bertz CT molecular complexity index is 1000. The van der Waals surface area contributed by atoms with Crippen LogP contribution in [0.2, 0.25) is 0 Å². The second kappa shape index (κ2) is 9.43. The van der Waals surface area contributed by atoms with Gasteiger partial charge in [-0.3, -0.25) is 4.79 Å². The standard InChI is InChI=1S/C22H24N2O4S/c1-14-7-5-6-8-17(14)28-12-11-23-21(25)20-15(2)24-22(29-20)16-9-10-18(26-3)19(13-16)27-4/h5-10,13H,11-12H2,1-4H3,(H,23,25). The highest BCUT2D eigenvalue weighted by molar-refractivity contribution is 7.17. The number of aryl methyl sites for hydroxylation is 2. The second-order valence-corrected chi connectivity index (χ2v) is 7.37. The van der Waals surface area contributed by atoms with E-state index in [1.807, 2.05) is 56.3 Å². The largest absolute Gasteiger partial charge is 0.493 e. The van der Waals surface area contributed by atoms with Gasteiger partial charge in [-0.05, 0) is 43.7 Å². The van der Waals surface area contributed by atoms with Gasteiger partial charge in [-0.1, -0.05) is 18.2 Å². The summed E-state index contributed by atoms with van der Waals surface area (Å²) in [6, 6.07) is 13.4. The first-order valence-electron chi connectivity index (χ1n) is 9.20. The van der Waals surface area contributed by atoms with E-state index >= 15 is 0 Å². The molecule has 0 fully saturated rings. The van der Waals surface area contributed by atoms with Crippen LogP contribution in [-0.2, 0) is 0 Å². The molecule has 1 heterocycles. The Hall–Kier alpha value is -3.06. The molecule has 3 rings (SSSR count). The fourth-order valence-electron chi connectivity index (χ4n) is 2.82. The van der Waals surface area contributed by atoms with E-state index in [2.05, 4.69) is 10.3 Å². The van der Waals surface area contributed by atoms with Gasteiger partial charge in [0.15, 0.2) is 11.5 Å². The summed E-state index contributed by atoms with van der Waals surface area (Å²) in [5.74, 6) is 1.94. The minimum atomic E-state index is -0.153. The third kappa shape index (κ3) is 4.86. The first-order valence-corrected chi connectivity index (χ1v) is 10.0. The van der Waals surface area contributed by atoms with Crippen molar-refractivity contribution in [2.24, 2.45) is 0 Å². The van der Waals surface area contributed by atoms with Crippen LogP contribution >= 0.6 is 11.3 Å². The third-order valence-electron chi connectivity index (χ3n) is 4.37. The van der Waals surface area contributed by atoms with Crippen molar-refractivity contribution < 1.29 is 19.0 Å². The van der Waals surface area contributed by atoms with E-state index < -0.39 is 0 Å². The number of carbonyl (C=O) groups excluding carboxylic acids is 1. The smallest absolute Gasteiger partial charge is 0.263 e. The van der Waals surface area contributed by atoms with Crippen molar-refractivity contribution in [2.75, 3.05) is 27.4 Å². The molecule has 0 unspecified atom stereocenters. The Morgan fingerprint density at radius 3 is 2.52 bits per heavy atom. The molecule has 1 aromatic heterocycles. The Labute approximate surface area is 174 Å². The van der Waals surface area contributed by atoms with Crippen molar-refractivity contribution in [1.82, 2.24) is 10.3 Å². The van der Waals surface area contributed by atoms with E-state index in [1.54, 1.807) is 14.2 Å². The molecule has 0 saturated heterocycles. The maximum Gasteiger partial charge on any atom is 0.263 e. The van der Waals surface area contributed by atoms with Crippen LogP contribution in [0.25, 0.3) is 10.6 Å². The molecule has 0 atom stereocenters. The predicted molar refractivity (Wildman–Crippen MR) is 114 cm³/mol. The van der Waals surface area contributed by atoms with Gasteiger partial charge in [-0.15, -0.1) is 11.3 Å². The number of aromatic nitrogens is 1. The number of nitrogens with one attached hydrogen (secondary N) is 1. The van der Waals surface area contributed by atoms with Crippen molar-refractivity contribution in [2.45, 2.75) is 13.8 Å². The zero-order chi connectivity index (χ0) is 20.8. The molecule has 1 N–H and O–H groups in total. The summed E-state index contributed by atoms with van der Waals surface area (Å²) in [5, 5.41) is 3.65. The van der Waals surface area contributed by atoms with E-state index in [0.717, 1.165) is 21.9 Å². The van der Waals surface area contributed by atoms with E-state index in [4.69, 9.17) is 14.2 Å². The van der Waals surface area contributed by atoms with Gasteiger partial charge in [-0.25, -0.2) is 4.98 Å². The molecule has 0 aliphatic carbocycles. The summed E-state index contributed by atoms with van der Waals surface area (Å²) >= 11 is 1.35. The topological polar surface area (TPSA) is 69.7 Å². The molecule has 0 bridgehead atoms. The van der Waals surface area contributed by atoms with Crippen LogP contribution in [-0.4, -0.2) is 38.3 Å². The number of carbonyl (C=O) groups is 1. The van der Waals surface area contributed by atoms with E-state index in [9.17, 15) is 4.79 Å². The summed E-state index contributed by atoms with van der Waals surface area (Å²) in [6.07, 6.45) is 0. The normalized spacial score (nSPS) is 10.5. The Morgan fingerprint density at radius 2 is 1.79 bits per heavy atom. The lowest BCUT2D eigenvalue weighted by atomic mass is 10.2. The summed E-state index contributed by atoms with van der Waals surface area (Å²) in [6.45, 7) is 4.64. The van der Waals surface area contributed by atoms with E-state index in [-0.39, 0.29) is 5.91 Å². The summed E-state index contributed by atoms with van der Waals surface area (Å²) in [5.41, 5.74) is 2.63. The minimum Gasteiger partial charge on any atom is -0.493 e. The van der Waals surface area contributed by atoms with Crippen LogP contribution in [0, 0.1) is 13.8 Å². The molecule has 0 saturated carbocycles. The Morgan fingerprint density at radius 1 is 1.03 bits per heavy atom. The molecule has 7 heteroatoms. The number of hydrogen-bond acceptors (Lipinski definition) is 6. The Balaban J connectivity index is 1.63. The zero-order valence-electron chi connectivity index (χ0n) is 16.9. The molecule has 2 aromatic carbocycles. The van der Waals surface area contributed by atoms with Gasteiger partial charge in [-0.2, -0.15) is 0 Å². The molecule has 1 amide bonds. The Kier molecular flexibility index (Phi) is 6.72. The predicted octanol–water partition coefficient (Wildman–Crippen LogP) is 4.25. The molecule has 6 nitrogen and oxygen atoms in total. The van der Waals surface area contributed by atoms with Gasteiger partial charge in [0, 0.05) is 5.56 Å². The van der Waals surface area contributed by atoms with Crippen molar-refractivity contribution in [3.05, 3.63) is 58.6 Å². The van der Waals surface area contributed by atoms with Gasteiger partial charge in [0.05, 0.1) is 26.5 Å². The average molecular weight is 413 g/mol. The van der Waals surface area contributed by atoms with Gasteiger partial charge in [0.1, 0.15) is 22.2 Å². The lowest BCUT2D eigenvalue weighted by Gasteiger charge is -2.09. The van der Waals surface area contributed by atoms with Gasteiger partial charge >= 0.3 is 0 Å². The molecule has 29 heavy (non-hydrogen) atoms. The molecular formula is C22H24N2O4S. The first-order chi connectivity index (χ1) is 14.0. The fraction of sp³-hybridized carbons (Fsp3) is 0.273. The highest BCUT2D eigenvalue weighted by atomic mass is 32.1. The minimum absolute atomic E-state index is 0.153. The summed E-state index contributed by atoms with van der Waals surface area (Å²) < 4.78 is 16.3. The number of amides is 1. The van der Waals surface area contributed by atoms with Gasteiger partial charge in [0.25, 0.3) is 5.91 Å². The van der Waals surface area contributed by atoms with Crippen LogP contribution in [0.3, 0.4) is 0 Å². The molecule has 152 valence electrons. The highest BCUT2D eigenvalue weighted by Crippen LogP contribution is 2.34. The number of benzene rings is 2. The van der Waals surface area contributed by atoms with Crippen LogP contribution in [0.15, 0.2) is 42.5 Å². The molecule has 3 aromatic rings. The van der Waals surface area contributed by atoms with Crippen LogP contribution in [0.5, 0.6) is 17.2 Å². The van der Waals surface area contributed by atoms with Crippen LogP contribution in [0.4, 0.5) is 0 Å². The van der Waals surface area contributed by atoms with E-state index in [1.165, 1.54) is 11.3 Å². The number of thiazole rings is 1. The molecular weight excluding hydrogens is 388 g/mol. The lowest BCUT2D eigenvalue weighted by molar-refractivity contribution is 0.0950. The quantitative estimate of drug-likeness (QED) is 0.560. The lowest BCUT2D eigenvalue weighted by Crippen LogP contribution is -2.28. The van der Waals surface area contributed by atoms with Gasteiger partial charge < -0.3 is 19.5 Å². The number of hydrogen-bond donors (Lipinski definition) is 1. The molecule has 0 radical (unpaired) electrons. The SMILES string of the molecule is COc1ccc(-c2nc(C)c(C(=O)NCCOc3ccccc3C)s2)cc1OC. The van der Waals surface area contributed by atoms with Gasteiger partial charge in [0.2, 0.25) is 0 Å². The maximum absolute atomic E-state index is 12.6. The van der Waals surface area contributed by atoms with Crippen molar-refractivity contribution in [3.63, 3.8) is 0 Å². The van der Waals surface area contributed by atoms with Crippen LogP contribution in [0.1, 0.15) is 20.9 Å². The number of rotatable bonds is 8. The highest BCUT2D eigenvalue weighted by Gasteiger charge is 2.17. The van der Waals surface area contributed by atoms with Crippen molar-refractivity contribution in [3.8, 4) is 27.8 Å². The number of ether oxygens (including phenoxy) is 3. The summed E-state index contributed by atoms with van der Waals surface area (Å²) in [7, 11) is 3.18. The van der Waals surface area contributed by atoms with Crippen LogP contribution < -0.4 is 19.5 Å². The van der Waals surface area contributed by atoms with Crippen molar-refractivity contribution >= 4 is 17.2 Å². The zero-order valence-corrected chi connectivity index (χ0v) is 17.8. The van der Waals surface area contributed by atoms with E-state index in [0.29, 0.717) is 35.2 Å². The average Bonchev–Trinajstić information content (AvgIpc) is 3.13. The first kappa shape index (κ1) is 20.7. The third-order valence-corrected chi connectivity index (χ3v) is 5.58. The molecule has 0 aliphatic heterocycles.